The van der Waals surface area contributed by atoms with Crippen LogP contribution in [0.4, 0.5) is 0 Å². The van der Waals surface area contributed by atoms with Gasteiger partial charge in [-0.2, -0.15) is 5.26 Å². The SMILES string of the molecule is CCCN(CCC)C1Cc2cc(C#N)c(OC)cc2C1. The van der Waals surface area contributed by atoms with Crippen LogP contribution < -0.4 is 4.74 Å². The van der Waals surface area contributed by atoms with Gasteiger partial charge < -0.3 is 4.74 Å². The minimum absolute atomic E-state index is 0.587. The molecule has 0 spiro atoms. The molecule has 1 unspecified atom stereocenters. The van der Waals surface area contributed by atoms with Crippen molar-refractivity contribution in [2.75, 3.05) is 20.2 Å². The second-order valence-corrected chi connectivity index (χ2v) is 5.53. The number of hydrogen-bond acceptors (Lipinski definition) is 3. The summed E-state index contributed by atoms with van der Waals surface area (Å²) in [7, 11) is 1.63. The van der Waals surface area contributed by atoms with Gasteiger partial charge in [0, 0.05) is 6.04 Å². The van der Waals surface area contributed by atoms with E-state index >= 15 is 0 Å². The van der Waals surface area contributed by atoms with Crippen LogP contribution in [0.3, 0.4) is 0 Å². The first-order chi connectivity index (χ1) is 9.73. The zero-order chi connectivity index (χ0) is 14.5. The third kappa shape index (κ3) is 2.96. The van der Waals surface area contributed by atoms with E-state index in [0.717, 1.165) is 25.9 Å². The van der Waals surface area contributed by atoms with Crippen LogP contribution >= 0.6 is 0 Å². The van der Waals surface area contributed by atoms with Crippen LogP contribution in [-0.2, 0) is 12.8 Å². The number of ether oxygens (including phenoxy) is 1. The summed E-state index contributed by atoms with van der Waals surface area (Å²) in [6.45, 7) is 6.80. The quantitative estimate of drug-likeness (QED) is 0.798. The van der Waals surface area contributed by atoms with E-state index in [1.54, 1.807) is 7.11 Å². The van der Waals surface area contributed by atoms with Crippen LogP contribution in [0.5, 0.6) is 5.75 Å². The first-order valence-electron chi connectivity index (χ1n) is 7.57. The topological polar surface area (TPSA) is 36.3 Å². The Balaban J connectivity index is 2.20. The molecule has 0 N–H and O–H groups in total. The van der Waals surface area contributed by atoms with E-state index in [0.29, 0.717) is 17.4 Å². The molecule has 0 aromatic heterocycles. The molecule has 0 saturated heterocycles. The molecule has 108 valence electrons. The Kier molecular flexibility index (Phi) is 5.03. The number of nitrogens with zero attached hydrogens (tertiary/aromatic N) is 2. The van der Waals surface area contributed by atoms with Gasteiger partial charge >= 0.3 is 0 Å². The molecule has 0 bridgehead atoms. The maximum absolute atomic E-state index is 9.18. The van der Waals surface area contributed by atoms with Gasteiger partial charge in [0.2, 0.25) is 0 Å². The minimum Gasteiger partial charge on any atom is -0.495 e. The number of rotatable bonds is 6. The smallest absolute Gasteiger partial charge is 0.136 e. The molecule has 2 rings (SSSR count). The first-order valence-corrected chi connectivity index (χ1v) is 7.57. The number of nitriles is 1. The van der Waals surface area contributed by atoms with Gasteiger partial charge in [0.1, 0.15) is 11.8 Å². The molecule has 1 aliphatic carbocycles. The van der Waals surface area contributed by atoms with Crippen molar-refractivity contribution in [2.45, 2.75) is 45.6 Å². The molecule has 0 amide bonds. The van der Waals surface area contributed by atoms with E-state index in [9.17, 15) is 5.26 Å². The third-order valence-electron chi connectivity index (χ3n) is 4.09. The molecule has 0 radical (unpaired) electrons. The van der Waals surface area contributed by atoms with Gasteiger partial charge in [-0.3, -0.25) is 4.90 Å². The lowest BCUT2D eigenvalue weighted by Gasteiger charge is -2.27. The molecule has 1 aromatic carbocycles. The monoisotopic (exact) mass is 272 g/mol. The Hall–Kier alpha value is -1.53. The molecule has 1 atom stereocenters. The third-order valence-corrected chi connectivity index (χ3v) is 4.09. The van der Waals surface area contributed by atoms with Crippen molar-refractivity contribution < 1.29 is 4.74 Å². The highest BCUT2D eigenvalue weighted by molar-refractivity contribution is 5.51. The molecular formula is C17H24N2O. The highest BCUT2D eigenvalue weighted by Gasteiger charge is 2.27. The fourth-order valence-electron chi connectivity index (χ4n) is 3.19. The van der Waals surface area contributed by atoms with Crippen molar-refractivity contribution in [1.29, 1.82) is 5.26 Å². The standard InChI is InChI=1S/C17H24N2O/c1-4-6-19(7-5-2)16-9-13-8-15(12-18)17(20-3)11-14(13)10-16/h8,11,16H,4-7,9-10H2,1-3H3. The fraction of sp³-hybridized carbons (Fsp3) is 0.588. The van der Waals surface area contributed by atoms with Gasteiger partial charge in [-0.05, 0) is 62.0 Å². The minimum atomic E-state index is 0.587. The second kappa shape index (κ2) is 6.76. The summed E-state index contributed by atoms with van der Waals surface area (Å²) in [6, 6.07) is 6.90. The van der Waals surface area contributed by atoms with E-state index in [-0.39, 0.29) is 0 Å². The van der Waals surface area contributed by atoms with E-state index in [1.807, 2.05) is 6.07 Å². The van der Waals surface area contributed by atoms with Crippen LogP contribution in [0.1, 0.15) is 43.4 Å². The van der Waals surface area contributed by atoms with E-state index in [2.05, 4.69) is 30.9 Å². The largest absolute Gasteiger partial charge is 0.495 e. The Morgan fingerprint density at radius 2 is 1.80 bits per heavy atom. The van der Waals surface area contributed by atoms with Crippen molar-refractivity contribution in [1.82, 2.24) is 4.90 Å². The van der Waals surface area contributed by atoms with E-state index < -0.39 is 0 Å². The van der Waals surface area contributed by atoms with Crippen molar-refractivity contribution in [2.24, 2.45) is 0 Å². The zero-order valence-electron chi connectivity index (χ0n) is 12.8. The van der Waals surface area contributed by atoms with Crippen LogP contribution in [0.15, 0.2) is 12.1 Å². The molecule has 0 saturated carbocycles. The highest BCUT2D eigenvalue weighted by Crippen LogP contribution is 2.31. The lowest BCUT2D eigenvalue weighted by atomic mass is 10.1. The summed E-state index contributed by atoms with van der Waals surface area (Å²) < 4.78 is 5.32. The second-order valence-electron chi connectivity index (χ2n) is 5.53. The van der Waals surface area contributed by atoms with Crippen molar-refractivity contribution in [3.63, 3.8) is 0 Å². The van der Waals surface area contributed by atoms with Crippen LogP contribution in [-0.4, -0.2) is 31.1 Å². The number of benzene rings is 1. The lowest BCUT2D eigenvalue weighted by Crippen LogP contribution is -2.37. The number of fused-ring (bicyclic) bond motifs is 1. The van der Waals surface area contributed by atoms with Gasteiger partial charge in [0.25, 0.3) is 0 Å². The van der Waals surface area contributed by atoms with Gasteiger partial charge in [-0.15, -0.1) is 0 Å². The van der Waals surface area contributed by atoms with Gasteiger partial charge in [0.05, 0.1) is 12.7 Å². The van der Waals surface area contributed by atoms with Crippen molar-refractivity contribution >= 4 is 0 Å². The average Bonchev–Trinajstić information content (AvgIpc) is 2.88. The summed E-state index contributed by atoms with van der Waals surface area (Å²) in [4.78, 5) is 2.60. The molecule has 1 aromatic rings. The van der Waals surface area contributed by atoms with Crippen LogP contribution in [0, 0.1) is 11.3 Å². The Morgan fingerprint density at radius 3 is 2.30 bits per heavy atom. The molecule has 3 nitrogen and oxygen atoms in total. The molecule has 0 fully saturated rings. The predicted molar refractivity (Wildman–Crippen MR) is 81.1 cm³/mol. The predicted octanol–water partition coefficient (Wildman–Crippen LogP) is 3.16. The first kappa shape index (κ1) is 14.9. The van der Waals surface area contributed by atoms with Crippen molar-refractivity contribution in [3.05, 3.63) is 28.8 Å². The summed E-state index contributed by atoms with van der Waals surface area (Å²) in [6.07, 6.45) is 4.53. The molecule has 0 heterocycles. The van der Waals surface area contributed by atoms with Gasteiger partial charge in [0.15, 0.2) is 0 Å². The molecule has 0 aliphatic heterocycles. The van der Waals surface area contributed by atoms with E-state index in [4.69, 9.17) is 4.74 Å². The van der Waals surface area contributed by atoms with E-state index in [1.165, 1.54) is 24.0 Å². The van der Waals surface area contributed by atoms with Crippen LogP contribution in [0.25, 0.3) is 0 Å². The van der Waals surface area contributed by atoms with Gasteiger partial charge in [-0.25, -0.2) is 0 Å². The number of methoxy groups -OCH3 is 1. The summed E-state index contributed by atoms with van der Waals surface area (Å²) in [5.41, 5.74) is 3.33. The van der Waals surface area contributed by atoms with Crippen molar-refractivity contribution in [3.8, 4) is 11.8 Å². The summed E-state index contributed by atoms with van der Waals surface area (Å²) in [5, 5.41) is 9.18. The summed E-state index contributed by atoms with van der Waals surface area (Å²) >= 11 is 0. The Morgan fingerprint density at radius 1 is 1.20 bits per heavy atom. The normalized spacial score (nSPS) is 17.1. The molecule has 1 aliphatic rings. The lowest BCUT2D eigenvalue weighted by molar-refractivity contribution is 0.202. The maximum Gasteiger partial charge on any atom is 0.136 e. The highest BCUT2D eigenvalue weighted by atomic mass is 16.5. The zero-order valence-corrected chi connectivity index (χ0v) is 12.8. The Bertz CT molecular complexity index is 498. The maximum atomic E-state index is 9.18. The van der Waals surface area contributed by atoms with Gasteiger partial charge in [-0.1, -0.05) is 13.8 Å². The molecular weight excluding hydrogens is 248 g/mol. The number of hydrogen-bond donors (Lipinski definition) is 0. The fourth-order valence-corrected chi connectivity index (χ4v) is 3.19. The average molecular weight is 272 g/mol. The molecule has 3 heteroatoms. The Labute approximate surface area is 122 Å². The molecule has 20 heavy (non-hydrogen) atoms. The summed E-state index contributed by atoms with van der Waals surface area (Å²) in [5.74, 6) is 0.712. The van der Waals surface area contributed by atoms with Crippen LogP contribution in [0.2, 0.25) is 0 Å².